The number of hydrogen-bond donors (Lipinski definition) is 1. The quantitative estimate of drug-likeness (QED) is 0.528. The lowest BCUT2D eigenvalue weighted by atomic mass is 10.0. The number of piperidine rings is 1. The van der Waals surface area contributed by atoms with Gasteiger partial charge in [-0.05, 0) is 43.2 Å². The monoisotopic (exact) mass is 457 g/mol. The van der Waals surface area contributed by atoms with Gasteiger partial charge in [-0.25, -0.2) is 9.37 Å². The number of thiophene rings is 1. The van der Waals surface area contributed by atoms with Crippen molar-refractivity contribution in [3.8, 4) is 0 Å². The maximum atomic E-state index is 13.4. The van der Waals surface area contributed by atoms with E-state index in [1.54, 1.807) is 6.07 Å². The third kappa shape index (κ3) is 4.22. The molecule has 10 heteroatoms. The highest BCUT2D eigenvalue weighted by molar-refractivity contribution is 7.21. The number of aromatic nitrogens is 1. The van der Waals surface area contributed by atoms with E-state index in [9.17, 15) is 22.4 Å². The van der Waals surface area contributed by atoms with Crippen LogP contribution in [0, 0.1) is 5.82 Å². The van der Waals surface area contributed by atoms with Gasteiger partial charge >= 0.3 is 6.18 Å². The number of carbonyl (C=O) groups is 1. The molecule has 1 aliphatic heterocycles. The number of nitrogens with zero attached hydrogens (tertiary/aromatic N) is 2. The number of carbonyl (C=O) groups excluding carboxylic acids is 1. The third-order valence-electron chi connectivity index (χ3n) is 5.03. The van der Waals surface area contributed by atoms with Crippen molar-refractivity contribution in [1.29, 1.82) is 0 Å². The Balaban J connectivity index is 1.38. The van der Waals surface area contributed by atoms with Crippen molar-refractivity contribution in [1.82, 2.24) is 10.3 Å². The highest BCUT2D eigenvalue weighted by Crippen LogP contribution is 2.36. The Labute approximate surface area is 178 Å². The molecule has 1 aromatic carbocycles. The maximum Gasteiger partial charge on any atom is 0.417 e. The van der Waals surface area contributed by atoms with Crippen LogP contribution in [0.25, 0.3) is 10.1 Å². The predicted octanol–water partition coefficient (Wildman–Crippen LogP) is 5.51. The molecule has 4 nitrogen and oxygen atoms in total. The average Bonchev–Trinajstić information content (AvgIpc) is 3.04. The lowest BCUT2D eigenvalue weighted by molar-refractivity contribution is -0.137. The van der Waals surface area contributed by atoms with Crippen LogP contribution in [0.1, 0.15) is 28.1 Å². The average molecular weight is 458 g/mol. The van der Waals surface area contributed by atoms with Crippen molar-refractivity contribution in [2.75, 3.05) is 18.0 Å². The molecular weight excluding hydrogens is 442 g/mol. The van der Waals surface area contributed by atoms with Gasteiger partial charge in [-0.3, -0.25) is 4.79 Å². The fourth-order valence-electron chi connectivity index (χ4n) is 3.43. The largest absolute Gasteiger partial charge is 0.417 e. The van der Waals surface area contributed by atoms with Crippen LogP contribution in [0.15, 0.2) is 36.5 Å². The normalized spacial score (nSPS) is 15.6. The molecule has 2 aromatic heterocycles. The van der Waals surface area contributed by atoms with Crippen molar-refractivity contribution in [3.05, 3.63) is 57.8 Å². The number of rotatable bonds is 3. The molecule has 3 aromatic rings. The Morgan fingerprint density at radius 1 is 1.20 bits per heavy atom. The summed E-state index contributed by atoms with van der Waals surface area (Å²) in [5.74, 6) is -0.230. The predicted molar refractivity (Wildman–Crippen MR) is 109 cm³/mol. The number of hydrogen-bond acceptors (Lipinski definition) is 4. The van der Waals surface area contributed by atoms with Gasteiger partial charge in [0.05, 0.1) is 10.6 Å². The second-order valence-corrected chi connectivity index (χ2v) is 8.45. The van der Waals surface area contributed by atoms with E-state index in [1.807, 2.05) is 4.90 Å². The second-order valence-electron chi connectivity index (χ2n) is 7.02. The molecule has 1 fully saturated rings. The van der Waals surface area contributed by atoms with E-state index in [2.05, 4.69) is 10.3 Å². The summed E-state index contributed by atoms with van der Waals surface area (Å²) in [6.45, 7) is 1.10. The number of amides is 1. The molecule has 0 saturated carbocycles. The van der Waals surface area contributed by atoms with Gasteiger partial charge in [0, 0.05) is 35.4 Å². The Hall–Kier alpha value is -2.39. The van der Waals surface area contributed by atoms with Gasteiger partial charge in [0.2, 0.25) is 0 Å². The number of pyridine rings is 1. The molecule has 0 atom stereocenters. The first-order valence-corrected chi connectivity index (χ1v) is 10.4. The van der Waals surface area contributed by atoms with Gasteiger partial charge in [-0.15, -0.1) is 11.3 Å². The third-order valence-corrected chi connectivity index (χ3v) is 6.68. The molecular formula is C20H16ClF4N3OS. The van der Waals surface area contributed by atoms with E-state index in [1.165, 1.54) is 18.2 Å². The SMILES string of the molecule is O=C(NC1CCN(c2ccc(C(F)(F)F)cn2)CC1)c1sc2cc(F)ccc2c1Cl. The number of benzene rings is 1. The Morgan fingerprint density at radius 2 is 1.93 bits per heavy atom. The van der Waals surface area contributed by atoms with Crippen molar-refractivity contribution in [2.24, 2.45) is 0 Å². The molecule has 0 unspecified atom stereocenters. The number of anilines is 1. The summed E-state index contributed by atoms with van der Waals surface area (Å²) in [7, 11) is 0. The van der Waals surface area contributed by atoms with E-state index in [0.29, 0.717) is 51.7 Å². The Kier molecular flexibility index (Phi) is 5.59. The summed E-state index contributed by atoms with van der Waals surface area (Å²) < 4.78 is 52.0. The maximum absolute atomic E-state index is 13.4. The molecule has 1 amide bonds. The molecule has 158 valence electrons. The molecule has 0 spiro atoms. The van der Waals surface area contributed by atoms with Crippen LogP contribution in [0.4, 0.5) is 23.4 Å². The van der Waals surface area contributed by atoms with Crippen molar-refractivity contribution in [2.45, 2.75) is 25.1 Å². The first kappa shape index (κ1) is 20.9. The first-order valence-electron chi connectivity index (χ1n) is 9.19. The summed E-state index contributed by atoms with van der Waals surface area (Å²) in [5, 5.41) is 3.89. The van der Waals surface area contributed by atoms with Crippen LogP contribution < -0.4 is 10.2 Å². The molecule has 0 aliphatic carbocycles. The van der Waals surface area contributed by atoms with Crippen molar-refractivity contribution in [3.63, 3.8) is 0 Å². The molecule has 30 heavy (non-hydrogen) atoms. The zero-order chi connectivity index (χ0) is 21.5. The van der Waals surface area contributed by atoms with Crippen LogP contribution >= 0.6 is 22.9 Å². The molecule has 1 saturated heterocycles. The summed E-state index contributed by atoms with van der Waals surface area (Å²) >= 11 is 7.44. The van der Waals surface area contributed by atoms with Crippen molar-refractivity contribution < 1.29 is 22.4 Å². The number of alkyl halides is 3. The summed E-state index contributed by atoms with van der Waals surface area (Å²) in [4.78, 5) is 18.8. The number of nitrogens with one attached hydrogen (secondary N) is 1. The second kappa shape index (κ2) is 8.03. The van der Waals surface area contributed by atoms with Crippen LogP contribution in [0.5, 0.6) is 0 Å². The first-order chi connectivity index (χ1) is 14.2. The summed E-state index contributed by atoms with van der Waals surface area (Å²) in [6.07, 6.45) is -2.35. The minimum atomic E-state index is -4.41. The molecule has 0 bridgehead atoms. The molecule has 3 heterocycles. The van der Waals surface area contributed by atoms with Gasteiger partial charge in [-0.1, -0.05) is 11.6 Å². The molecule has 0 radical (unpaired) electrons. The molecule has 1 N–H and O–H groups in total. The van der Waals surface area contributed by atoms with Crippen LogP contribution in [0.2, 0.25) is 5.02 Å². The van der Waals surface area contributed by atoms with E-state index >= 15 is 0 Å². The van der Waals surface area contributed by atoms with Gasteiger partial charge in [0.25, 0.3) is 5.91 Å². The Bertz CT molecular complexity index is 1080. The van der Waals surface area contributed by atoms with Gasteiger partial charge in [0.1, 0.15) is 16.5 Å². The van der Waals surface area contributed by atoms with E-state index in [4.69, 9.17) is 11.6 Å². The van der Waals surface area contributed by atoms with Crippen molar-refractivity contribution >= 4 is 44.7 Å². The highest BCUT2D eigenvalue weighted by Gasteiger charge is 2.31. The van der Waals surface area contributed by atoms with Crippen LogP contribution in [0.3, 0.4) is 0 Å². The van der Waals surface area contributed by atoms with E-state index in [0.717, 1.165) is 23.6 Å². The van der Waals surface area contributed by atoms with Gasteiger partial charge < -0.3 is 10.2 Å². The molecule has 1 aliphatic rings. The fraction of sp³-hybridized carbons (Fsp3) is 0.300. The smallest absolute Gasteiger partial charge is 0.356 e. The highest BCUT2D eigenvalue weighted by atomic mass is 35.5. The zero-order valence-electron chi connectivity index (χ0n) is 15.5. The summed E-state index contributed by atoms with van der Waals surface area (Å²) in [6, 6.07) is 6.48. The minimum Gasteiger partial charge on any atom is -0.356 e. The van der Waals surface area contributed by atoms with E-state index in [-0.39, 0.29) is 11.9 Å². The van der Waals surface area contributed by atoms with E-state index < -0.39 is 17.6 Å². The minimum absolute atomic E-state index is 0.0961. The summed E-state index contributed by atoms with van der Waals surface area (Å²) in [5.41, 5.74) is -0.784. The molecule has 4 rings (SSSR count). The topological polar surface area (TPSA) is 45.2 Å². The van der Waals surface area contributed by atoms with Gasteiger partial charge in [0.15, 0.2) is 0 Å². The lowest BCUT2D eigenvalue weighted by Gasteiger charge is -2.33. The zero-order valence-corrected chi connectivity index (χ0v) is 17.0. The van der Waals surface area contributed by atoms with Crippen LogP contribution in [-0.2, 0) is 6.18 Å². The fourth-order valence-corrected chi connectivity index (χ4v) is 4.87. The van der Waals surface area contributed by atoms with Crippen LogP contribution in [-0.4, -0.2) is 30.0 Å². The number of halogens is 5. The lowest BCUT2D eigenvalue weighted by Crippen LogP contribution is -2.44. The standard InChI is InChI=1S/C20H16ClF4N3OS/c21-17-14-3-2-12(22)9-15(14)30-18(17)19(29)27-13-5-7-28(8-6-13)16-4-1-11(10-26-16)20(23,24)25/h1-4,9-10,13H,5-8H2,(H,27,29). The number of fused-ring (bicyclic) bond motifs is 1. The Morgan fingerprint density at radius 3 is 2.57 bits per heavy atom. The van der Waals surface area contributed by atoms with Gasteiger partial charge in [-0.2, -0.15) is 13.2 Å².